The molecule has 1 N–H and O–H groups in total. The third-order valence-electron chi connectivity index (χ3n) is 5.19. The van der Waals surface area contributed by atoms with Crippen LogP contribution >= 0.6 is 0 Å². The minimum absolute atomic E-state index is 0.0263. The molecule has 0 aromatic heterocycles. The van der Waals surface area contributed by atoms with Crippen LogP contribution in [0.3, 0.4) is 0 Å². The van der Waals surface area contributed by atoms with Gasteiger partial charge >= 0.3 is 0 Å². The summed E-state index contributed by atoms with van der Waals surface area (Å²) in [6.07, 6.45) is 3.28. The summed E-state index contributed by atoms with van der Waals surface area (Å²) in [5.41, 5.74) is 3.38. The molecule has 5 heteroatoms. The number of piperidine rings is 1. The monoisotopic (exact) mass is 394 g/mol. The number of aryl methyl sites for hydroxylation is 1. The number of anilines is 1. The lowest BCUT2D eigenvalue weighted by molar-refractivity contribution is -0.118. The van der Waals surface area contributed by atoms with Crippen molar-refractivity contribution < 1.29 is 14.3 Å². The Morgan fingerprint density at radius 3 is 2.55 bits per heavy atom. The molecule has 1 aliphatic heterocycles. The van der Waals surface area contributed by atoms with Gasteiger partial charge in [-0.15, -0.1) is 0 Å². The van der Waals surface area contributed by atoms with E-state index in [0.29, 0.717) is 17.2 Å². The SMILES string of the molecule is Cc1ccc(C(C)C)c(OCC(=O)Nc2cccc(C(=O)N3CCCCC3)c2)c1. The molecule has 0 saturated carbocycles. The first-order valence-electron chi connectivity index (χ1n) is 10.4. The first kappa shape index (κ1) is 20.9. The normalized spacial score (nSPS) is 14.0. The molecule has 1 fully saturated rings. The predicted molar refractivity (Wildman–Crippen MR) is 116 cm³/mol. The zero-order valence-electron chi connectivity index (χ0n) is 17.5. The highest BCUT2D eigenvalue weighted by molar-refractivity contribution is 5.97. The van der Waals surface area contributed by atoms with E-state index in [1.165, 1.54) is 6.42 Å². The molecule has 5 nitrogen and oxygen atoms in total. The number of carbonyl (C=O) groups excluding carboxylic acids is 2. The molecule has 0 unspecified atom stereocenters. The van der Waals surface area contributed by atoms with E-state index in [1.54, 1.807) is 24.3 Å². The highest BCUT2D eigenvalue weighted by Crippen LogP contribution is 2.27. The third kappa shape index (κ3) is 5.59. The predicted octanol–water partition coefficient (Wildman–Crippen LogP) is 4.76. The molecule has 0 bridgehead atoms. The van der Waals surface area contributed by atoms with Gasteiger partial charge in [-0.25, -0.2) is 0 Å². The average molecular weight is 395 g/mol. The topological polar surface area (TPSA) is 58.6 Å². The molecular formula is C24H30N2O3. The first-order chi connectivity index (χ1) is 13.9. The van der Waals surface area contributed by atoms with E-state index >= 15 is 0 Å². The van der Waals surface area contributed by atoms with Crippen LogP contribution in [0.25, 0.3) is 0 Å². The Balaban J connectivity index is 1.61. The number of nitrogens with zero attached hydrogens (tertiary/aromatic N) is 1. The molecule has 1 heterocycles. The largest absolute Gasteiger partial charge is 0.483 e. The minimum atomic E-state index is -0.246. The van der Waals surface area contributed by atoms with Crippen molar-refractivity contribution in [2.45, 2.75) is 46.0 Å². The smallest absolute Gasteiger partial charge is 0.262 e. The Labute approximate surface area is 173 Å². The van der Waals surface area contributed by atoms with Crippen LogP contribution in [-0.2, 0) is 4.79 Å². The number of ether oxygens (including phenoxy) is 1. The molecule has 29 heavy (non-hydrogen) atoms. The standard InChI is InChI=1S/C24H30N2O3/c1-17(2)21-11-10-18(3)14-22(21)29-16-23(27)25-20-9-7-8-19(15-20)24(28)26-12-5-4-6-13-26/h7-11,14-15,17H,4-6,12-13,16H2,1-3H3,(H,25,27). The quantitative estimate of drug-likeness (QED) is 0.768. The second-order valence-electron chi connectivity index (χ2n) is 7.97. The van der Waals surface area contributed by atoms with Crippen molar-refractivity contribution in [2.24, 2.45) is 0 Å². The molecular weight excluding hydrogens is 364 g/mol. The Kier molecular flexibility index (Phi) is 6.91. The lowest BCUT2D eigenvalue weighted by Gasteiger charge is -2.26. The summed E-state index contributed by atoms with van der Waals surface area (Å²) in [4.78, 5) is 27.0. The maximum Gasteiger partial charge on any atom is 0.262 e. The van der Waals surface area contributed by atoms with Crippen LogP contribution in [-0.4, -0.2) is 36.4 Å². The van der Waals surface area contributed by atoms with Gasteiger partial charge in [0, 0.05) is 24.3 Å². The minimum Gasteiger partial charge on any atom is -0.483 e. The molecule has 0 aliphatic carbocycles. The zero-order chi connectivity index (χ0) is 20.8. The number of carbonyl (C=O) groups is 2. The molecule has 2 amide bonds. The number of benzene rings is 2. The van der Waals surface area contributed by atoms with Gasteiger partial charge in [0.2, 0.25) is 0 Å². The second kappa shape index (κ2) is 9.59. The molecule has 1 saturated heterocycles. The fraction of sp³-hybridized carbons (Fsp3) is 0.417. The first-order valence-corrected chi connectivity index (χ1v) is 10.4. The zero-order valence-corrected chi connectivity index (χ0v) is 17.5. The van der Waals surface area contributed by atoms with E-state index in [9.17, 15) is 9.59 Å². The van der Waals surface area contributed by atoms with Gasteiger partial charge in [0.1, 0.15) is 5.75 Å². The average Bonchev–Trinajstić information content (AvgIpc) is 2.72. The third-order valence-corrected chi connectivity index (χ3v) is 5.19. The summed E-state index contributed by atoms with van der Waals surface area (Å²) in [5, 5.41) is 2.84. The Bertz CT molecular complexity index is 870. The summed E-state index contributed by atoms with van der Waals surface area (Å²) < 4.78 is 5.80. The van der Waals surface area contributed by atoms with Gasteiger partial charge in [0.05, 0.1) is 0 Å². The van der Waals surface area contributed by atoms with E-state index in [-0.39, 0.29) is 18.4 Å². The van der Waals surface area contributed by atoms with E-state index in [0.717, 1.165) is 42.8 Å². The Morgan fingerprint density at radius 2 is 1.83 bits per heavy atom. The van der Waals surface area contributed by atoms with Gasteiger partial charge in [0.25, 0.3) is 11.8 Å². The van der Waals surface area contributed by atoms with E-state index < -0.39 is 0 Å². The van der Waals surface area contributed by atoms with Crippen LogP contribution in [0.1, 0.15) is 60.5 Å². The number of nitrogens with one attached hydrogen (secondary N) is 1. The number of amides is 2. The summed E-state index contributed by atoms with van der Waals surface area (Å²) in [5.74, 6) is 0.831. The fourth-order valence-electron chi connectivity index (χ4n) is 3.59. The lowest BCUT2D eigenvalue weighted by atomic mass is 10.0. The molecule has 154 valence electrons. The van der Waals surface area contributed by atoms with Gasteiger partial charge in [-0.2, -0.15) is 0 Å². The van der Waals surface area contributed by atoms with E-state index in [2.05, 4.69) is 19.2 Å². The van der Waals surface area contributed by atoms with Crippen LogP contribution in [0.4, 0.5) is 5.69 Å². The number of likely N-dealkylation sites (tertiary alicyclic amines) is 1. The number of hydrogen-bond acceptors (Lipinski definition) is 3. The van der Waals surface area contributed by atoms with Gasteiger partial charge in [-0.05, 0) is 67.5 Å². The van der Waals surface area contributed by atoms with Crippen molar-refractivity contribution in [1.82, 2.24) is 4.90 Å². The molecule has 1 aliphatic rings. The lowest BCUT2D eigenvalue weighted by Crippen LogP contribution is -2.35. The second-order valence-corrected chi connectivity index (χ2v) is 7.97. The van der Waals surface area contributed by atoms with Crippen molar-refractivity contribution in [3.05, 3.63) is 59.2 Å². The summed E-state index contributed by atoms with van der Waals surface area (Å²) in [6.45, 7) is 7.73. The molecule has 2 aromatic carbocycles. The summed E-state index contributed by atoms with van der Waals surface area (Å²) in [6, 6.07) is 13.2. The summed E-state index contributed by atoms with van der Waals surface area (Å²) >= 11 is 0. The van der Waals surface area contributed by atoms with Crippen molar-refractivity contribution >= 4 is 17.5 Å². The van der Waals surface area contributed by atoms with Gasteiger partial charge < -0.3 is 15.0 Å². The molecule has 3 rings (SSSR count). The Hall–Kier alpha value is -2.82. The Morgan fingerprint density at radius 1 is 1.07 bits per heavy atom. The van der Waals surface area contributed by atoms with Gasteiger partial charge in [-0.3, -0.25) is 9.59 Å². The van der Waals surface area contributed by atoms with Crippen molar-refractivity contribution in [3.8, 4) is 5.75 Å². The molecule has 2 aromatic rings. The van der Waals surface area contributed by atoms with Gasteiger partial charge in [-0.1, -0.05) is 32.0 Å². The fourth-order valence-corrected chi connectivity index (χ4v) is 3.59. The van der Waals surface area contributed by atoms with Crippen molar-refractivity contribution in [1.29, 1.82) is 0 Å². The van der Waals surface area contributed by atoms with Crippen molar-refractivity contribution in [3.63, 3.8) is 0 Å². The van der Waals surface area contributed by atoms with Gasteiger partial charge in [0.15, 0.2) is 6.61 Å². The molecule has 0 radical (unpaired) electrons. The van der Waals surface area contributed by atoms with Crippen LogP contribution in [0.2, 0.25) is 0 Å². The van der Waals surface area contributed by atoms with E-state index in [4.69, 9.17) is 4.74 Å². The van der Waals surface area contributed by atoms with Crippen LogP contribution in [0.15, 0.2) is 42.5 Å². The number of rotatable bonds is 6. The maximum absolute atomic E-state index is 12.7. The van der Waals surface area contributed by atoms with Crippen LogP contribution in [0, 0.1) is 6.92 Å². The van der Waals surface area contributed by atoms with Crippen LogP contribution < -0.4 is 10.1 Å². The van der Waals surface area contributed by atoms with Crippen LogP contribution in [0.5, 0.6) is 5.75 Å². The van der Waals surface area contributed by atoms with E-state index in [1.807, 2.05) is 30.0 Å². The van der Waals surface area contributed by atoms with Crippen molar-refractivity contribution in [2.75, 3.05) is 25.0 Å². The highest BCUT2D eigenvalue weighted by Gasteiger charge is 2.18. The molecule has 0 atom stereocenters. The molecule has 0 spiro atoms. The highest BCUT2D eigenvalue weighted by atomic mass is 16.5. The maximum atomic E-state index is 12.7. The number of hydrogen-bond donors (Lipinski definition) is 1. The summed E-state index contributed by atoms with van der Waals surface area (Å²) in [7, 11) is 0.